The Balaban J connectivity index is 1.49. The zero-order valence-corrected chi connectivity index (χ0v) is 17.9. The Morgan fingerprint density at radius 3 is 2.60 bits per heavy atom. The van der Waals surface area contributed by atoms with Gasteiger partial charge in [-0.05, 0) is 37.3 Å². The Morgan fingerprint density at radius 2 is 1.87 bits per heavy atom. The average Bonchev–Trinajstić information content (AvgIpc) is 3.54. The highest BCUT2D eigenvalue weighted by Crippen LogP contribution is 2.21. The van der Waals surface area contributed by atoms with Gasteiger partial charge < -0.3 is 20.3 Å². The van der Waals surface area contributed by atoms with E-state index in [2.05, 4.69) is 10.6 Å². The Kier molecular flexibility index (Phi) is 7.68. The summed E-state index contributed by atoms with van der Waals surface area (Å²) in [6.45, 7) is 7.12. The third-order valence-electron chi connectivity index (χ3n) is 5.11. The lowest BCUT2D eigenvalue weighted by Gasteiger charge is -2.22. The van der Waals surface area contributed by atoms with Crippen molar-refractivity contribution in [2.75, 3.05) is 44.6 Å². The topological polar surface area (TPSA) is 91.0 Å². The largest absolute Gasteiger partial charge is 0.449 e. The molecule has 0 radical (unpaired) electrons. The highest BCUT2D eigenvalue weighted by Gasteiger charge is 2.25. The van der Waals surface area contributed by atoms with Gasteiger partial charge in [0.15, 0.2) is 0 Å². The van der Waals surface area contributed by atoms with Crippen LogP contribution in [0.25, 0.3) is 0 Å². The second kappa shape index (κ2) is 10.4. The monoisotopic (exact) mass is 416 g/mol. The summed E-state index contributed by atoms with van der Waals surface area (Å²) in [7, 11) is 0. The molecule has 3 amide bonds. The van der Waals surface area contributed by atoms with Crippen molar-refractivity contribution < 1.29 is 19.1 Å². The van der Waals surface area contributed by atoms with Crippen LogP contribution in [0.3, 0.4) is 0 Å². The zero-order valence-electron chi connectivity index (χ0n) is 17.9. The van der Waals surface area contributed by atoms with Crippen molar-refractivity contribution >= 4 is 23.6 Å². The molecule has 1 aliphatic carbocycles. The van der Waals surface area contributed by atoms with E-state index in [0.717, 1.165) is 25.8 Å². The molecule has 2 aliphatic rings. The number of carbonyl (C=O) groups excluding carboxylic acids is 3. The van der Waals surface area contributed by atoms with Crippen LogP contribution in [0.4, 0.5) is 10.5 Å². The number of amides is 3. The van der Waals surface area contributed by atoms with Crippen molar-refractivity contribution in [2.24, 2.45) is 5.92 Å². The first-order valence-corrected chi connectivity index (χ1v) is 10.8. The first-order valence-electron chi connectivity index (χ1n) is 10.8. The number of carbonyl (C=O) groups is 3. The van der Waals surface area contributed by atoms with Crippen LogP contribution in [0.1, 0.15) is 43.5 Å². The van der Waals surface area contributed by atoms with E-state index >= 15 is 0 Å². The summed E-state index contributed by atoms with van der Waals surface area (Å²) >= 11 is 0. The molecule has 1 aliphatic heterocycles. The Bertz CT molecular complexity index is 763. The molecule has 30 heavy (non-hydrogen) atoms. The SMILES string of the molecule is CC(C)COC(=O)N1CCCN(CC(=O)Nc2ccccc2C(=O)NC2CC2)CC1. The van der Waals surface area contributed by atoms with E-state index in [1.165, 1.54) is 0 Å². The van der Waals surface area contributed by atoms with Crippen LogP contribution in [-0.2, 0) is 9.53 Å². The molecule has 0 aromatic heterocycles. The molecule has 8 heteroatoms. The minimum Gasteiger partial charge on any atom is -0.449 e. The molecule has 1 aromatic rings. The van der Waals surface area contributed by atoms with Crippen molar-refractivity contribution in [3.8, 4) is 0 Å². The number of rotatable bonds is 7. The van der Waals surface area contributed by atoms with Crippen LogP contribution in [0.5, 0.6) is 0 Å². The molecule has 0 atom stereocenters. The summed E-state index contributed by atoms with van der Waals surface area (Å²) in [4.78, 5) is 40.9. The average molecular weight is 417 g/mol. The predicted molar refractivity (Wildman–Crippen MR) is 114 cm³/mol. The Labute approximate surface area is 177 Å². The fourth-order valence-corrected chi connectivity index (χ4v) is 3.31. The number of nitrogens with zero attached hydrogens (tertiary/aromatic N) is 2. The molecule has 1 aromatic carbocycles. The predicted octanol–water partition coefficient (Wildman–Crippen LogP) is 2.32. The van der Waals surface area contributed by atoms with E-state index < -0.39 is 0 Å². The summed E-state index contributed by atoms with van der Waals surface area (Å²) in [5, 5.41) is 5.83. The van der Waals surface area contributed by atoms with Gasteiger partial charge >= 0.3 is 6.09 Å². The van der Waals surface area contributed by atoms with Crippen molar-refractivity contribution in [2.45, 2.75) is 39.2 Å². The summed E-state index contributed by atoms with van der Waals surface area (Å²) in [5.74, 6) is -0.0217. The summed E-state index contributed by atoms with van der Waals surface area (Å²) in [5.41, 5.74) is 1.00. The fourth-order valence-electron chi connectivity index (χ4n) is 3.31. The van der Waals surface area contributed by atoms with E-state index in [4.69, 9.17) is 4.74 Å². The van der Waals surface area contributed by atoms with Crippen molar-refractivity contribution in [1.82, 2.24) is 15.1 Å². The zero-order chi connectivity index (χ0) is 21.5. The lowest BCUT2D eigenvalue weighted by atomic mass is 10.1. The Hall–Kier alpha value is -2.61. The molecular weight excluding hydrogens is 384 g/mol. The number of benzene rings is 1. The standard InChI is InChI=1S/C22H32N4O4/c1-16(2)15-30-22(29)26-11-5-10-25(12-13-26)14-20(27)24-19-7-4-3-6-18(19)21(28)23-17-8-9-17/h3-4,6-7,16-17H,5,8-15H2,1-2H3,(H,23,28)(H,24,27). The summed E-state index contributed by atoms with van der Waals surface area (Å²) < 4.78 is 5.31. The summed E-state index contributed by atoms with van der Waals surface area (Å²) in [6, 6.07) is 7.32. The second-order valence-electron chi connectivity index (χ2n) is 8.43. The Morgan fingerprint density at radius 1 is 1.10 bits per heavy atom. The first-order chi connectivity index (χ1) is 14.4. The van der Waals surface area contributed by atoms with Gasteiger partial charge in [-0.15, -0.1) is 0 Å². The molecule has 1 heterocycles. The van der Waals surface area contributed by atoms with Gasteiger partial charge in [0.2, 0.25) is 5.91 Å². The maximum absolute atomic E-state index is 12.6. The molecular formula is C22H32N4O4. The second-order valence-corrected chi connectivity index (χ2v) is 8.43. The van der Waals surface area contributed by atoms with Gasteiger partial charge in [0.05, 0.1) is 24.4 Å². The molecule has 1 saturated heterocycles. The van der Waals surface area contributed by atoms with Gasteiger partial charge in [-0.2, -0.15) is 0 Å². The summed E-state index contributed by atoms with van der Waals surface area (Å²) in [6.07, 6.45) is 2.52. The van der Waals surface area contributed by atoms with Gasteiger partial charge in [0, 0.05) is 32.2 Å². The molecule has 2 N–H and O–H groups in total. The molecule has 0 unspecified atom stereocenters. The number of anilines is 1. The minimum absolute atomic E-state index is 0.154. The lowest BCUT2D eigenvalue weighted by Crippen LogP contribution is -2.38. The molecule has 1 saturated carbocycles. The third-order valence-corrected chi connectivity index (χ3v) is 5.11. The van der Waals surface area contributed by atoms with Gasteiger partial charge in [-0.25, -0.2) is 4.79 Å². The first kappa shape index (κ1) is 22.1. The molecule has 8 nitrogen and oxygen atoms in total. The molecule has 0 bridgehead atoms. The quantitative estimate of drug-likeness (QED) is 0.712. The van der Waals surface area contributed by atoms with Crippen molar-refractivity contribution in [3.05, 3.63) is 29.8 Å². The van der Waals surface area contributed by atoms with Crippen LogP contribution >= 0.6 is 0 Å². The van der Waals surface area contributed by atoms with Gasteiger partial charge in [-0.1, -0.05) is 26.0 Å². The van der Waals surface area contributed by atoms with Crippen LogP contribution in [0, 0.1) is 5.92 Å². The van der Waals surface area contributed by atoms with Crippen LogP contribution in [0.15, 0.2) is 24.3 Å². The van der Waals surface area contributed by atoms with E-state index in [-0.39, 0.29) is 30.5 Å². The molecule has 164 valence electrons. The fraction of sp³-hybridized carbons (Fsp3) is 0.591. The van der Waals surface area contributed by atoms with Crippen molar-refractivity contribution in [3.63, 3.8) is 0 Å². The number of hydrogen-bond donors (Lipinski definition) is 2. The number of nitrogens with one attached hydrogen (secondary N) is 2. The number of ether oxygens (including phenoxy) is 1. The smallest absolute Gasteiger partial charge is 0.409 e. The lowest BCUT2D eigenvalue weighted by molar-refractivity contribution is -0.117. The van der Waals surface area contributed by atoms with Gasteiger partial charge in [0.25, 0.3) is 5.91 Å². The van der Waals surface area contributed by atoms with Crippen LogP contribution in [0.2, 0.25) is 0 Å². The van der Waals surface area contributed by atoms with E-state index in [1.807, 2.05) is 18.7 Å². The van der Waals surface area contributed by atoms with Crippen molar-refractivity contribution in [1.29, 1.82) is 0 Å². The maximum atomic E-state index is 12.6. The molecule has 0 spiro atoms. The molecule has 2 fully saturated rings. The van der Waals surface area contributed by atoms with Crippen LogP contribution in [-0.4, -0.2) is 73.1 Å². The highest BCUT2D eigenvalue weighted by molar-refractivity contribution is 6.04. The maximum Gasteiger partial charge on any atom is 0.409 e. The van der Waals surface area contributed by atoms with Gasteiger partial charge in [-0.3, -0.25) is 14.5 Å². The van der Waals surface area contributed by atoms with Crippen LogP contribution < -0.4 is 10.6 Å². The normalized spacial score (nSPS) is 17.4. The van der Waals surface area contributed by atoms with E-state index in [1.54, 1.807) is 29.2 Å². The molecule has 3 rings (SSSR count). The minimum atomic E-state index is -0.286. The number of hydrogen-bond acceptors (Lipinski definition) is 5. The van der Waals surface area contributed by atoms with E-state index in [0.29, 0.717) is 43.4 Å². The highest BCUT2D eigenvalue weighted by atomic mass is 16.6. The number of para-hydroxylation sites is 1. The van der Waals surface area contributed by atoms with Gasteiger partial charge in [0.1, 0.15) is 0 Å². The van der Waals surface area contributed by atoms with E-state index in [9.17, 15) is 14.4 Å². The third kappa shape index (κ3) is 6.73.